The SMILES string of the molecule is CCC[C@@H](CC(=O)NC(CN(C)C)C(=O)O)NC(=O)OCC1c2ccccc2-c2ccccc21. The van der Waals surface area contributed by atoms with E-state index >= 15 is 0 Å². The van der Waals surface area contributed by atoms with E-state index in [2.05, 4.69) is 34.9 Å². The largest absolute Gasteiger partial charge is 0.480 e. The number of carbonyl (C=O) groups is 3. The number of alkyl carbamates (subject to hydrolysis) is 1. The van der Waals surface area contributed by atoms with Crippen molar-refractivity contribution in [3.63, 3.8) is 0 Å². The van der Waals surface area contributed by atoms with Gasteiger partial charge in [0.05, 0.1) is 0 Å². The molecule has 2 aromatic carbocycles. The lowest BCUT2D eigenvalue weighted by molar-refractivity contribution is -0.142. The zero-order chi connectivity index (χ0) is 24.7. The maximum atomic E-state index is 12.6. The number of fused-ring (bicyclic) bond motifs is 3. The molecule has 0 bridgehead atoms. The van der Waals surface area contributed by atoms with Gasteiger partial charge in [-0.2, -0.15) is 0 Å². The number of amides is 2. The predicted octanol–water partition coefficient (Wildman–Crippen LogP) is 3.21. The lowest BCUT2D eigenvalue weighted by Gasteiger charge is -2.22. The van der Waals surface area contributed by atoms with E-state index in [0.717, 1.165) is 28.7 Å². The van der Waals surface area contributed by atoms with Crippen LogP contribution in [0.4, 0.5) is 4.79 Å². The van der Waals surface area contributed by atoms with Gasteiger partial charge in [-0.25, -0.2) is 9.59 Å². The monoisotopic (exact) mass is 467 g/mol. The highest BCUT2D eigenvalue weighted by atomic mass is 16.5. The fraction of sp³-hybridized carbons (Fsp3) is 0.423. The third kappa shape index (κ3) is 6.35. The molecule has 34 heavy (non-hydrogen) atoms. The van der Waals surface area contributed by atoms with Crippen LogP contribution in [-0.4, -0.2) is 67.3 Å². The first kappa shape index (κ1) is 25.2. The highest BCUT2D eigenvalue weighted by molar-refractivity contribution is 5.84. The predicted molar refractivity (Wildman–Crippen MR) is 130 cm³/mol. The molecule has 0 radical (unpaired) electrons. The van der Waals surface area contributed by atoms with Crippen LogP contribution in [-0.2, 0) is 14.3 Å². The number of carboxylic acids is 1. The molecule has 2 atom stereocenters. The van der Waals surface area contributed by atoms with Gasteiger partial charge in [-0.15, -0.1) is 0 Å². The van der Waals surface area contributed by atoms with E-state index in [0.29, 0.717) is 6.42 Å². The van der Waals surface area contributed by atoms with E-state index in [4.69, 9.17) is 4.74 Å². The summed E-state index contributed by atoms with van der Waals surface area (Å²) >= 11 is 0. The number of nitrogens with zero attached hydrogens (tertiary/aromatic N) is 1. The number of likely N-dealkylation sites (N-methyl/N-ethyl adjacent to an activating group) is 1. The third-order valence-corrected chi connectivity index (χ3v) is 5.92. The molecular weight excluding hydrogens is 434 g/mol. The second kappa shape index (κ2) is 11.7. The van der Waals surface area contributed by atoms with Crippen molar-refractivity contribution in [3.05, 3.63) is 59.7 Å². The number of hydrogen-bond acceptors (Lipinski definition) is 5. The van der Waals surface area contributed by atoms with Gasteiger partial charge in [-0.05, 0) is 42.8 Å². The molecule has 2 amide bonds. The molecule has 1 unspecified atom stereocenters. The molecule has 1 aliphatic rings. The molecule has 2 aromatic rings. The van der Waals surface area contributed by atoms with Crippen molar-refractivity contribution in [2.24, 2.45) is 0 Å². The van der Waals surface area contributed by atoms with Gasteiger partial charge in [-0.1, -0.05) is 61.9 Å². The van der Waals surface area contributed by atoms with Gasteiger partial charge in [0, 0.05) is 24.9 Å². The first-order valence-electron chi connectivity index (χ1n) is 11.6. The fourth-order valence-electron chi connectivity index (χ4n) is 4.41. The summed E-state index contributed by atoms with van der Waals surface area (Å²) in [5, 5.41) is 14.7. The Labute approximate surface area is 200 Å². The lowest BCUT2D eigenvalue weighted by Crippen LogP contribution is -2.48. The number of rotatable bonds is 11. The molecule has 8 heteroatoms. The van der Waals surface area contributed by atoms with Crippen LogP contribution >= 0.6 is 0 Å². The van der Waals surface area contributed by atoms with Crippen molar-refractivity contribution in [3.8, 4) is 11.1 Å². The van der Waals surface area contributed by atoms with Gasteiger partial charge in [0.15, 0.2) is 0 Å². The Balaban J connectivity index is 1.58. The molecule has 3 rings (SSSR count). The van der Waals surface area contributed by atoms with E-state index in [1.165, 1.54) is 0 Å². The standard InChI is InChI=1S/C26H33N3O5/c1-4-9-17(14-24(30)28-23(25(31)32)15-29(2)3)27-26(33)34-16-22-20-12-7-5-10-18(20)19-11-6-8-13-21(19)22/h5-8,10-13,17,22-23H,4,9,14-16H2,1-3H3,(H,27,33)(H,28,30)(H,31,32)/t17-,23?/m0/s1. The molecule has 1 aliphatic carbocycles. The van der Waals surface area contributed by atoms with Crippen molar-refractivity contribution < 1.29 is 24.2 Å². The van der Waals surface area contributed by atoms with Crippen LogP contribution in [0, 0.1) is 0 Å². The Bertz CT molecular complexity index is 978. The number of carbonyl (C=O) groups excluding carboxylic acids is 2. The molecule has 0 fully saturated rings. The molecule has 0 saturated carbocycles. The smallest absolute Gasteiger partial charge is 0.407 e. The minimum absolute atomic E-state index is 0.0186. The van der Waals surface area contributed by atoms with Crippen LogP contribution in [0.1, 0.15) is 43.2 Å². The Morgan fingerprint density at radius 1 is 1.00 bits per heavy atom. The summed E-state index contributed by atoms with van der Waals surface area (Å²) in [6.07, 6.45) is 0.719. The summed E-state index contributed by atoms with van der Waals surface area (Å²) in [7, 11) is 3.47. The van der Waals surface area contributed by atoms with E-state index in [1.54, 1.807) is 19.0 Å². The molecule has 0 heterocycles. The summed E-state index contributed by atoms with van der Waals surface area (Å²) in [6, 6.07) is 14.8. The van der Waals surface area contributed by atoms with Crippen LogP contribution in [0.2, 0.25) is 0 Å². The van der Waals surface area contributed by atoms with Gasteiger partial charge < -0.3 is 25.4 Å². The van der Waals surface area contributed by atoms with Crippen molar-refractivity contribution in [2.75, 3.05) is 27.2 Å². The fourth-order valence-corrected chi connectivity index (χ4v) is 4.41. The molecule has 182 valence electrons. The number of carboxylic acid groups (broad SMARTS) is 1. The Morgan fingerprint density at radius 2 is 1.59 bits per heavy atom. The van der Waals surface area contributed by atoms with Gasteiger partial charge >= 0.3 is 12.1 Å². The second-order valence-corrected chi connectivity index (χ2v) is 8.88. The summed E-state index contributed by atoms with van der Waals surface area (Å²) < 4.78 is 5.59. The number of nitrogens with one attached hydrogen (secondary N) is 2. The summed E-state index contributed by atoms with van der Waals surface area (Å²) in [6.45, 7) is 2.32. The summed E-state index contributed by atoms with van der Waals surface area (Å²) in [4.78, 5) is 38.2. The van der Waals surface area contributed by atoms with Crippen LogP contribution in [0.25, 0.3) is 11.1 Å². The topological polar surface area (TPSA) is 108 Å². The minimum Gasteiger partial charge on any atom is -0.480 e. The molecule has 0 spiro atoms. The van der Waals surface area contributed by atoms with Crippen molar-refractivity contribution in [2.45, 2.75) is 44.2 Å². The normalized spacial score (nSPS) is 14.1. The number of benzene rings is 2. The van der Waals surface area contributed by atoms with E-state index in [9.17, 15) is 19.5 Å². The molecular formula is C26H33N3O5. The van der Waals surface area contributed by atoms with Gasteiger partial charge in [0.25, 0.3) is 0 Å². The van der Waals surface area contributed by atoms with Crippen LogP contribution in [0.15, 0.2) is 48.5 Å². The summed E-state index contributed by atoms with van der Waals surface area (Å²) in [5.41, 5.74) is 4.56. The molecule has 3 N–H and O–H groups in total. The molecule has 0 saturated heterocycles. The van der Waals surface area contributed by atoms with Crippen LogP contribution in [0.3, 0.4) is 0 Å². The quantitative estimate of drug-likeness (QED) is 0.468. The average Bonchev–Trinajstić information content (AvgIpc) is 3.11. The van der Waals surface area contributed by atoms with Crippen LogP contribution in [0.5, 0.6) is 0 Å². The first-order chi connectivity index (χ1) is 16.3. The first-order valence-corrected chi connectivity index (χ1v) is 11.6. The molecule has 0 aromatic heterocycles. The zero-order valence-electron chi connectivity index (χ0n) is 19.9. The highest BCUT2D eigenvalue weighted by Crippen LogP contribution is 2.44. The maximum absolute atomic E-state index is 12.6. The second-order valence-electron chi connectivity index (χ2n) is 8.88. The zero-order valence-corrected chi connectivity index (χ0v) is 19.9. The van der Waals surface area contributed by atoms with Gasteiger partial charge in [0.2, 0.25) is 5.91 Å². The van der Waals surface area contributed by atoms with Gasteiger partial charge in [-0.3, -0.25) is 4.79 Å². The third-order valence-electron chi connectivity index (χ3n) is 5.92. The molecule has 8 nitrogen and oxygen atoms in total. The average molecular weight is 468 g/mol. The Hall–Kier alpha value is -3.39. The van der Waals surface area contributed by atoms with Crippen molar-refractivity contribution >= 4 is 18.0 Å². The van der Waals surface area contributed by atoms with Gasteiger partial charge in [0.1, 0.15) is 12.6 Å². The van der Waals surface area contributed by atoms with Crippen LogP contribution < -0.4 is 10.6 Å². The Kier molecular flexibility index (Phi) is 8.65. The summed E-state index contributed by atoms with van der Waals surface area (Å²) in [5.74, 6) is -1.57. The maximum Gasteiger partial charge on any atom is 0.407 e. The van der Waals surface area contributed by atoms with E-state index < -0.39 is 30.1 Å². The number of aliphatic carboxylic acids is 1. The van der Waals surface area contributed by atoms with Crippen molar-refractivity contribution in [1.82, 2.24) is 15.5 Å². The number of hydrogen-bond donors (Lipinski definition) is 3. The Morgan fingerprint density at radius 3 is 2.12 bits per heavy atom. The number of ether oxygens (including phenoxy) is 1. The lowest BCUT2D eigenvalue weighted by atomic mass is 9.98. The van der Waals surface area contributed by atoms with Crippen molar-refractivity contribution in [1.29, 1.82) is 0 Å². The molecule has 0 aliphatic heterocycles. The highest BCUT2D eigenvalue weighted by Gasteiger charge is 2.29. The van der Waals surface area contributed by atoms with E-state index in [-0.39, 0.29) is 25.5 Å². The van der Waals surface area contributed by atoms with E-state index in [1.807, 2.05) is 31.2 Å². The minimum atomic E-state index is -1.10.